The Morgan fingerprint density at radius 1 is 0.848 bits per heavy atom. The number of benzene rings is 4. The van der Waals surface area contributed by atoms with Crippen LogP contribution in [0.5, 0.6) is 5.75 Å². The Labute approximate surface area is 191 Å². The third-order valence-corrected chi connectivity index (χ3v) is 6.24. The van der Waals surface area contributed by atoms with Crippen molar-refractivity contribution in [2.45, 2.75) is 12.5 Å². The van der Waals surface area contributed by atoms with Crippen molar-refractivity contribution in [3.05, 3.63) is 125 Å². The van der Waals surface area contributed by atoms with Crippen LogP contribution in [-0.4, -0.2) is 16.2 Å². The second kappa shape index (κ2) is 7.68. The van der Waals surface area contributed by atoms with Crippen LogP contribution in [0.25, 0.3) is 22.1 Å². The average Bonchev–Trinajstić information content (AvgIpc) is 3.13. The number of rotatable bonds is 3. The van der Waals surface area contributed by atoms with E-state index in [9.17, 15) is 15.0 Å². The number of phenols is 1. The van der Waals surface area contributed by atoms with Gasteiger partial charge >= 0.3 is 5.97 Å². The molecule has 2 N–H and O–H groups in total. The van der Waals surface area contributed by atoms with Crippen LogP contribution < -0.4 is 10.4 Å². The Morgan fingerprint density at radius 3 is 2.21 bits per heavy atom. The molecule has 0 amide bonds. The molecular weight excluding hydrogens is 412 g/mol. The lowest BCUT2D eigenvalue weighted by Gasteiger charge is -2.32. The maximum atomic E-state index is 13.2. The SMILES string of the molecule is C=C/C(=c1/cccc/c1=C(/C)O)C1(c2ccc(O)c3ccccc23)OC(=O)c2ccccc21. The van der Waals surface area contributed by atoms with E-state index in [2.05, 4.69) is 6.58 Å². The van der Waals surface area contributed by atoms with E-state index in [1.807, 2.05) is 60.7 Å². The molecule has 0 aliphatic carbocycles. The van der Waals surface area contributed by atoms with E-state index in [1.54, 1.807) is 37.3 Å². The highest BCUT2D eigenvalue weighted by molar-refractivity contribution is 6.02. The van der Waals surface area contributed by atoms with Gasteiger partial charge in [0, 0.05) is 27.3 Å². The van der Waals surface area contributed by atoms with Gasteiger partial charge in [0.15, 0.2) is 5.60 Å². The first kappa shape index (κ1) is 20.6. The highest BCUT2D eigenvalue weighted by Gasteiger charge is 2.50. The predicted octanol–water partition coefficient (Wildman–Crippen LogP) is 4.68. The third kappa shape index (κ3) is 2.95. The largest absolute Gasteiger partial charge is 0.512 e. The summed E-state index contributed by atoms with van der Waals surface area (Å²) in [4.78, 5) is 13.2. The molecule has 4 nitrogen and oxygen atoms in total. The van der Waals surface area contributed by atoms with Gasteiger partial charge in [-0.25, -0.2) is 4.79 Å². The molecule has 0 radical (unpaired) electrons. The van der Waals surface area contributed by atoms with E-state index in [-0.39, 0.29) is 11.5 Å². The van der Waals surface area contributed by atoms with Gasteiger partial charge in [-0.15, -0.1) is 0 Å². The van der Waals surface area contributed by atoms with Crippen molar-refractivity contribution in [1.29, 1.82) is 0 Å². The summed E-state index contributed by atoms with van der Waals surface area (Å²) in [6.07, 6.45) is 1.68. The fraction of sp³-hybridized carbons (Fsp3) is 0.0690. The quantitative estimate of drug-likeness (QED) is 0.460. The number of ether oxygens (including phenoxy) is 1. The summed E-state index contributed by atoms with van der Waals surface area (Å²) in [5, 5.41) is 23.7. The van der Waals surface area contributed by atoms with Crippen LogP contribution in [0.2, 0.25) is 0 Å². The van der Waals surface area contributed by atoms with Gasteiger partial charge in [-0.2, -0.15) is 0 Å². The van der Waals surface area contributed by atoms with E-state index < -0.39 is 11.6 Å². The number of phenolic OH excluding ortho intramolecular Hbond substituents is 1. The zero-order valence-corrected chi connectivity index (χ0v) is 18.1. The first-order valence-corrected chi connectivity index (χ1v) is 10.6. The smallest absolute Gasteiger partial charge is 0.340 e. The highest BCUT2D eigenvalue weighted by atomic mass is 16.6. The van der Waals surface area contributed by atoms with E-state index in [0.717, 1.165) is 5.39 Å². The number of carbonyl (C=O) groups is 1. The van der Waals surface area contributed by atoms with Crippen LogP contribution in [0.4, 0.5) is 0 Å². The summed E-state index contributed by atoms with van der Waals surface area (Å²) in [5.74, 6) is -0.153. The molecule has 5 rings (SSSR count). The first-order chi connectivity index (χ1) is 16.0. The zero-order chi connectivity index (χ0) is 23.2. The number of hydrogen-bond acceptors (Lipinski definition) is 4. The van der Waals surface area contributed by atoms with Gasteiger partial charge in [0.2, 0.25) is 0 Å². The Kier molecular flexibility index (Phi) is 4.79. The molecule has 0 saturated heterocycles. The molecule has 4 heteroatoms. The summed E-state index contributed by atoms with van der Waals surface area (Å²) >= 11 is 0. The normalized spacial score (nSPS) is 19.0. The molecule has 0 bridgehead atoms. The van der Waals surface area contributed by atoms with Crippen molar-refractivity contribution < 1.29 is 19.7 Å². The van der Waals surface area contributed by atoms with Gasteiger partial charge in [0.25, 0.3) is 0 Å². The van der Waals surface area contributed by atoms with Gasteiger partial charge in [0.05, 0.1) is 11.3 Å². The molecule has 0 saturated carbocycles. The van der Waals surface area contributed by atoms with Gasteiger partial charge in [-0.05, 0) is 35.7 Å². The molecule has 0 aromatic heterocycles. The van der Waals surface area contributed by atoms with Crippen LogP contribution in [0.1, 0.15) is 28.4 Å². The second-order valence-electron chi connectivity index (χ2n) is 8.04. The fourth-order valence-corrected chi connectivity index (χ4v) is 4.83. The number of esters is 1. The molecule has 4 aromatic rings. The van der Waals surface area contributed by atoms with E-state index >= 15 is 0 Å². The molecule has 0 spiro atoms. The highest BCUT2D eigenvalue weighted by Crippen LogP contribution is 2.50. The van der Waals surface area contributed by atoms with Crippen LogP contribution in [0.3, 0.4) is 0 Å². The molecule has 1 heterocycles. The van der Waals surface area contributed by atoms with Crippen molar-refractivity contribution in [3.63, 3.8) is 0 Å². The average molecular weight is 434 g/mol. The molecule has 1 aliphatic rings. The summed E-state index contributed by atoms with van der Waals surface area (Å²) in [5.41, 5.74) is 1.16. The number of aliphatic hydroxyl groups is 1. The number of aliphatic hydroxyl groups excluding tert-OH is 1. The summed E-state index contributed by atoms with van der Waals surface area (Å²) in [6.45, 7) is 5.70. The molecule has 4 aromatic carbocycles. The molecule has 0 fully saturated rings. The number of hydrogen-bond donors (Lipinski definition) is 2. The molecule has 1 atom stereocenters. The standard InChI is InChI=1S/C29H22O4/c1-3-24(20-11-5-4-10-19(20)18(2)30)29(25-15-9-8-14-23(25)28(32)33-29)26-16-17-27(31)22-13-7-6-12-21(22)26/h3-17,30-31H,1H2,2H3/b19-18+,24-20+. The topological polar surface area (TPSA) is 66.8 Å². The number of fused-ring (bicyclic) bond motifs is 2. The molecule has 33 heavy (non-hydrogen) atoms. The predicted molar refractivity (Wildman–Crippen MR) is 129 cm³/mol. The number of aromatic hydroxyl groups is 1. The van der Waals surface area contributed by atoms with Crippen molar-refractivity contribution >= 4 is 28.1 Å². The number of carbonyl (C=O) groups excluding carboxylic acids is 1. The Bertz CT molecular complexity index is 1560. The molecule has 162 valence electrons. The van der Waals surface area contributed by atoms with Crippen LogP contribution in [0, 0.1) is 0 Å². The van der Waals surface area contributed by atoms with Crippen molar-refractivity contribution in [2.75, 3.05) is 0 Å². The van der Waals surface area contributed by atoms with Gasteiger partial charge in [-0.1, -0.05) is 79.4 Å². The van der Waals surface area contributed by atoms with E-state index in [1.165, 1.54) is 0 Å². The zero-order valence-electron chi connectivity index (χ0n) is 18.1. The Balaban J connectivity index is 2.05. The van der Waals surface area contributed by atoms with Gasteiger partial charge in [0.1, 0.15) is 5.75 Å². The van der Waals surface area contributed by atoms with Crippen LogP contribution >= 0.6 is 0 Å². The molecule has 1 aliphatic heterocycles. The monoisotopic (exact) mass is 434 g/mol. The molecular formula is C29H22O4. The van der Waals surface area contributed by atoms with Crippen molar-refractivity contribution in [1.82, 2.24) is 0 Å². The Morgan fingerprint density at radius 2 is 1.48 bits per heavy atom. The van der Waals surface area contributed by atoms with Crippen molar-refractivity contribution in [2.24, 2.45) is 0 Å². The minimum absolute atomic E-state index is 0.141. The minimum atomic E-state index is -1.33. The third-order valence-electron chi connectivity index (χ3n) is 6.24. The van der Waals surface area contributed by atoms with Crippen molar-refractivity contribution in [3.8, 4) is 5.75 Å². The maximum absolute atomic E-state index is 13.2. The lowest BCUT2D eigenvalue weighted by molar-refractivity contribution is 0.0307. The maximum Gasteiger partial charge on any atom is 0.340 e. The van der Waals surface area contributed by atoms with Gasteiger partial charge < -0.3 is 14.9 Å². The van der Waals surface area contributed by atoms with E-state index in [4.69, 9.17) is 4.74 Å². The molecule has 1 unspecified atom stereocenters. The van der Waals surface area contributed by atoms with Crippen LogP contribution in [-0.2, 0) is 10.3 Å². The summed E-state index contributed by atoms with van der Waals surface area (Å²) in [6, 6.07) is 25.6. The number of cyclic esters (lactones) is 1. The van der Waals surface area contributed by atoms with E-state index in [0.29, 0.717) is 38.1 Å². The summed E-state index contributed by atoms with van der Waals surface area (Å²) in [7, 11) is 0. The Hall–Kier alpha value is -4.31. The lowest BCUT2D eigenvalue weighted by atomic mass is 9.76. The first-order valence-electron chi connectivity index (χ1n) is 10.6. The van der Waals surface area contributed by atoms with Gasteiger partial charge in [-0.3, -0.25) is 0 Å². The van der Waals surface area contributed by atoms with Crippen LogP contribution in [0.15, 0.2) is 97.6 Å². The second-order valence-corrected chi connectivity index (χ2v) is 8.04. The summed E-state index contributed by atoms with van der Waals surface area (Å²) < 4.78 is 6.28. The minimum Gasteiger partial charge on any atom is -0.512 e. The fourth-order valence-electron chi connectivity index (χ4n) is 4.83. The lowest BCUT2D eigenvalue weighted by Crippen LogP contribution is -2.38.